The van der Waals surface area contributed by atoms with Gasteiger partial charge in [-0.15, -0.1) is 0 Å². The van der Waals surface area contributed by atoms with Crippen LogP contribution in [0.4, 0.5) is 0 Å². The highest BCUT2D eigenvalue weighted by atomic mass is 16.5. The summed E-state index contributed by atoms with van der Waals surface area (Å²) in [7, 11) is 0. The molecule has 21 heavy (non-hydrogen) atoms. The predicted molar refractivity (Wildman–Crippen MR) is 76.2 cm³/mol. The molecule has 1 aromatic heterocycles. The van der Waals surface area contributed by atoms with Gasteiger partial charge in [0.1, 0.15) is 17.6 Å². The molecule has 2 aromatic rings. The van der Waals surface area contributed by atoms with E-state index >= 15 is 0 Å². The second-order valence-corrected chi connectivity index (χ2v) is 5.17. The standard InChI is InChI=1S/C16H16N2O3/c1-10-7-16(19)21-15-8-12(3-4-13(10)15)20-11(2)14-9-17-5-6-18-14/h3-6,8-11H,7H2,1-2H3. The SMILES string of the molecule is CC1CC(=O)Oc2cc(OC(C)c3cnccn3)ccc21. The summed E-state index contributed by atoms with van der Waals surface area (Å²) in [5, 5.41) is 0. The highest BCUT2D eigenvalue weighted by molar-refractivity contribution is 5.76. The van der Waals surface area contributed by atoms with Gasteiger partial charge in [-0.1, -0.05) is 13.0 Å². The van der Waals surface area contributed by atoms with E-state index in [9.17, 15) is 4.79 Å². The lowest BCUT2D eigenvalue weighted by atomic mass is 9.95. The highest BCUT2D eigenvalue weighted by Gasteiger charge is 2.24. The van der Waals surface area contributed by atoms with Gasteiger partial charge in [-0.3, -0.25) is 14.8 Å². The zero-order valence-electron chi connectivity index (χ0n) is 11.9. The summed E-state index contributed by atoms with van der Waals surface area (Å²) in [4.78, 5) is 19.7. The number of benzene rings is 1. The molecule has 0 saturated carbocycles. The lowest BCUT2D eigenvalue weighted by molar-refractivity contribution is -0.135. The molecule has 0 amide bonds. The number of ether oxygens (including phenoxy) is 2. The van der Waals surface area contributed by atoms with E-state index in [2.05, 4.69) is 9.97 Å². The van der Waals surface area contributed by atoms with Crippen molar-refractivity contribution in [2.75, 3.05) is 0 Å². The van der Waals surface area contributed by atoms with Gasteiger partial charge < -0.3 is 9.47 Å². The minimum atomic E-state index is -0.228. The molecule has 2 heterocycles. The van der Waals surface area contributed by atoms with Gasteiger partial charge in [0.05, 0.1) is 18.3 Å². The molecule has 0 fully saturated rings. The van der Waals surface area contributed by atoms with Crippen molar-refractivity contribution >= 4 is 5.97 Å². The van der Waals surface area contributed by atoms with Crippen LogP contribution in [0, 0.1) is 0 Å². The van der Waals surface area contributed by atoms with Gasteiger partial charge in [0.2, 0.25) is 0 Å². The fraction of sp³-hybridized carbons (Fsp3) is 0.312. The van der Waals surface area contributed by atoms with E-state index < -0.39 is 0 Å². The van der Waals surface area contributed by atoms with E-state index in [0.717, 1.165) is 11.3 Å². The first-order valence-electron chi connectivity index (χ1n) is 6.90. The van der Waals surface area contributed by atoms with E-state index in [1.165, 1.54) is 0 Å². The van der Waals surface area contributed by atoms with Gasteiger partial charge in [0, 0.05) is 18.5 Å². The summed E-state index contributed by atoms with van der Waals surface area (Å²) in [5.41, 5.74) is 1.79. The minimum absolute atomic E-state index is 0.174. The van der Waals surface area contributed by atoms with Crippen LogP contribution in [0.1, 0.15) is 43.5 Å². The van der Waals surface area contributed by atoms with Crippen molar-refractivity contribution in [1.29, 1.82) is 0 Å². The lowest BCUT2D eigenvalue weighted by Gasteiger charge is -2.22. The van der Waals surface area contributed by atoms with Crippen LogP contribution in [0.3, 0.4) is 0 Å². The first-order chi connectivity index (χ1) is 10.1. The lowest BCUT2D eigenvalue weighted by Crippen LogP contribution is -2.18. The maximum absolute atomic E-state index is 11.5. The Balaban J connectivity index is 1.81. The average molecular weight is 284 g/mol. The maximum atomic E-state index is 11.5. The quantitative estimate of drug-likeness (QED) is 0.640. The van der Waals surface area contributed by atoms with Gasteiger partial charge in [0.15, 0.2) is 0 Å². The van der Waals surface area contributed by atoms with Gasteiger partial charge in [-0.25, -0.2) is 0 Å². The Kier molecular flexibility index (Phi) is 3.56. The van der Waals surface area contributed by atoms with Crippen LogP contribution >= 0.6 is 0 Å². The monoisotopic (exact) mass is 284 g/mol. The number of hydrogen-bond donors (Lipinski definition) is 0. The molecule has 108 valence electrons. The number of hydrogen-bond acceptors (Lipinski definition) is 5. The van der Waals surface area contributed by atoms with Crippen molar-refractivity contribution in [3.05, 3.63) is 48.0 Å². The van der Waals surface area contributed by atoms with E-state index in [1.807, 2.05) is 26.0 Å². The summed E-state index contributed by atoms with van der Waals surface area (Å²) >= 11 is 0. The van der Waals surface area contributed by atoms with E-state index in [4.69, 9.17) is 9.47 Å². The van der Waals surface area contributed by atoms with Gasteiger partial charge >= 0.3 is 5.97 Å². The topological polar surface area (TPSA) is 61.3 Å². The van der Waals surface area contributed by atoms with E-state index in [0.29, 0.717) is 17.9 Å². The molecule has 5 nitrogen and oxygen atoms in total. The number of rotatable bonds is 3. The Morgan fingerprint density at radius 1 is 1.38 bits per heavy atom. The molecule has 5 heteroatoms. The van der Waals surface area contributed by atoms with Crippen molar-refractivity contribution < 1.29 is 14.3 Å². The summed E-state index contributed by atoms with van der Waals surface area (Å²) < 4.78 is 11.1. The van der Waals surface area contributed by atoms with Crippen molar-refractivity contribution in [1.82, 2.24) is 9.97 Å². The zero-order valence-corrected chi connectivity index (χ0v) is 11.9. The third-order valence-electron chi connectivity index (χ3n) is 3.53. The Labute approximate surface area is 123 Å². The van der Waals surface area contributed by atoms with Crippen LogP contribution in [0.15, 0.2) is 36.8 Å². The number of nitrogens with zero attached hydrogens (tertiary/aromatic N) is 2. The molecule has 0 spiro atoms. The molecule has 0 N–H and O–H groups in total. The predicted octanol–water partition coefficient (Wildman–Crippen LogP) is 3.03. The fourth-order valence-corrected chi connectivity index (χ4v) is 2.39. The van der Waals surface area contributed by atoms with Crippen LogP contribution in [0.5, 0.6) is 11.5 Å². The van der Waals surface area contributed by atoms with Crippen LogP contribution < -0.4 is 9.47 Å². The molecule has 0 aliphatic carbocycles. The summed E-state index contributed by atoms with van der Waals surface area (Å²) in [5.74, 6) is 1.21. The summed E-state index contributed by atoms with van der Waals surface area (Å²) in [6, 6.07) is 5.60. The number of carbonyl (C=O) groups is 1. The van der Waals surface area contributed by atoms with Crippen molar-refractivity contribution in [2.45, 2.75) is 32.3 Å². The van der Waals surface area contributed by atoms with E-state index in [1.54, 1.807) is 24.7 Å². The number of aromatic nitrogens is 2. The number of fused-ring (bicyclic) bond motifs is 1. The number of esters is 1. The molecule has 2 atom stereocenters. The van der Waals surface area contributed by atoms with Crippen molar-refractivity contribution in [3.8, 4) is 11.5 Å². The molecule has 0 bridgehead atoms. The summed E-state index contributed by atoms with van der Waals surface area (Å²) in [6.45, 7) is 3.92. The maximum Gasteiger partial charge on any atom is 0.311 e. The van der Waals surface area contributed by atoms with Crippen LogP contribution in [-0.4, -0.2) is 15.9 Å². The molecule has 1 aromatic carbocycles. The minimum Gasteiger partial charge on any atom is -0.484 e. The van der Waals surface area contributed by atoms with Crippen molar-refractivity contribution in [3.63, 3.8) is 0 Å². The molecule has 2 unspecified atom stereocenters. The Hall–Kier alpha value is -2.43. The van der Waals surface area contributed by atoms with Gasteiger partial charge in [-0.05, 0) is 24.5 Å². The van der Waals surface area contributed by atoms with Crippen LogP contribution in [0.2, 0.25) is 0 Å². The molecule has 0 saturated heterocycles. The summed E-state index contributed by atoms with van der Waals surface area (Å²) in [6.07, 6.45) is 5.11. The molecule has 1 aliphatic heterocycles. The Morgan fingerprint density at radius 3 is 3.00 bits per heavy atom. The largest absolute Gasteiger partial charge is 0.484 e. The van der Waals surface area contributed by atoms with Crippen molar-refractivity contribution in [2.24, 2.45) is 0 Å². The number of carbonyl (C=O) groups excluding carboxylic acids is 1. The fourth-order valence-electron chi connectivity index (χ4n) is 2.39. The smallest absolute Gasteiger partial charge is 0.311 e. The normalized spacial score (nSPS) is 18.6. The molecule has 3 rings (SSSR count). The third-order valence-corrected chi connectivity index (χ3v) is 3.53. The second kappa shape index (κ2) is 5.52. The molecular weight excluding hydrogens is 268 g/mol. The van der Waals surface area contributed by atoms with Gasteiger partial charge in [-0.2, -0.15) is 0 Å². The van der Waals surface area contributed by atoms with E-state index in [-0.39, 0.29) is 18.0 Å². The van der Waals surface area contributed by atoms with Crippen LogP contribution in [-0.2, 0) is 4.79 Å². The Morgan fingerprint density at radius 2 is 2.24 bits per heavy atom. The van der Waals surface area contributed by atoms with Crippen LogP contribution in [0.25, 0.3) is 0 Å². The molecule has 0 radical (unpaired) electrons. The zero-order chi connectivity index (χ0) is 14.8. The first-order valence-corrected chi connectivity index (χ1v) is 6.90. The van der Waals surface area contributed by atoms with Gasteiger partial charge in [0.25, 0.3) is 0 Å². The third kappa shape index (κ3) is 2.86. The second-order valence-electron chi connectivity index (χ2n) is 5.17. The molecule has 1 aliphatic rings. The first kappa shape index (κ1) is 13.5. The average Bonchev–Trinajstić information content (AvgIpc) is 2.47. The highest BCUT2D eigenvalue weighted by Crippen LogP contribution is 2.37. The molecular formula is C16H16N2O3. The Bertz CT molecular complexity index is 658.